The number of hydrogen-bond donors (Lipinski definition) is 0. The number of rotatable bonds is 8. The van der Waals surface area contributed by atoms with Crippen molar-refractivity contribution in [3.05, 3.63) is 34.5 Å². The van der Waals surface area contributed by atoms with Crippen LogP contribution in [0.15, 0.2) is 29.0 Å². The lowest BCUT2D eigenvalue weighted by atomic mass is 9.76. The van der Waals surface area contributed by atoms with Gasteiger partial charge in [0, 0.05) is 13.5 Å². The van der Waals surface area contributed by atoms with Crippen LogP contribution in [-0.2, 0) is 9.53 Å². The minimum atomic E-state index is -0.258. The van der Waals surface area contributed by atoms with Crippen molar-refractivity contribution in [2.45, 2.75) is 56.6 Å². The second kappa shape index (κ2) is 11.9. The molecule has 0 spiro atoms. The predicted octanol–water partition coefficient (Wildman–Crippen LogP) is 4.95. The molecule has 1 heterocycles. The molecule has 180 valence electrons. The van der Waals surface area contributed by atoms with Gasteiger partial charge in [-0.3, -0.25) is 9.59 Å². The predicted molar refractivity (Wildman–Crippen MR) is 130 cm³/mol. The number of nitrogens with zero attached hydrogens (tertiary/aromatic N) is 3. The highest BCUT2D eigenvalue weighted by molar-refractivity contribution is 7.98. The first-order valence-corrected chi connectivity index (χ1v) is 12.9. The maximum absolute atomic E-state index is 13.3. The molecule has 0 N–H and O–H groups in total. The van der Waals surface area contributed by atoms with E-state index in [9.17, 15) is 9.59 Å². The number of thioether (sulfide) groups is 1. The molecular weight excluding hydrogens is 462 g/mol. The lowest BCUT2D eigenvalue weighted by molar-refractivity contribution is -0.142. The average Bonchev–Trinajstić information content (AvgIpc) is 2.83. The number of aromatic nitrogens is 2. The molecule has 1 atom stereocenters. The van der Waals surface area contributed by atoms with E-state index in [1.54, 1.807) is 11.9 Å². The van der Waals surface area contributed by atoms with E-state index in [0.29, 0.717) is 30.0 Å². The summed E-state index contributed by atoms with van der Waals surface area (Å²) < 4.78 is 10.4. The van der Waals surface area contributed by atoms with Gasteiger partial charge in [0.05, 0.1) is 19.8 Å². The highest BCUT2D eigenvalue weighted by Crippen LogP contribution is 2.37. The molecule has 1 saturated carbocycles. The number of amides is 1. The number of ether oxygens (including phenoxy) is 2. The fourth-order valence-corrected chi connectivity index (χ4v) is 5.12. The number of methoxy groups -OCH3 is 1. The van der Waals surface area contributed by atoms with E-state index < -0.39 is 0 Å². The molecule has 33 heavy (non-hydrogen) atoms. The van der Waals surface area contributed by atoms with Crippen molar-refractivity contribution < 1.29 is 19.1 Å². The molecule has 1 unspecified atom stereocenters. The number of carbonyl (C=O) groups is 2. The summed E-state index contributed by atoms with van der Waals surface area (Å²) in [5, 5.41) is 0.573. The topological polar surface area (TPSA) is 81.6 Å². The summed E-state index contributed by atoms with van der Waals surface area (Å²) >= 11 is 7.70. The smallest absolute Gasteiger partial charge is 0.305 e. The first-order valence-electron chi connectivity index (χ1n) is 11.3. The molecule has 1 fully saturated rings. The molecule has 0 aliphatic heterocycles. The number of esters is 1. The molecule has 2 aliphatic rings. The van der Waals surface area contributed by atoms with Gasteiger partial charge in [0.15, 0.2) is 5.16 Å². The third-order valence-corrected chi connectivity index (χ3v) is 7.23. The first kappa shape index (κ1) is 25.6. The summed E-state index contributed by atoms with van der Waals surface area (Å²) in [6.07, 6.45) is 13.8. The molecule has 3 rings (SSSR count). The molecule has 2 aliphatic carbocycles. The second-order valence-corrected chi connectivity index (χ2v) is 9.53. The highest BCUT2D eigenvalue weighted by atomic mass is 35.5. The summed E-state index contributed by atoms with van der Waals surface area (Å²) in [6, 6.07) is -0.0808. The Kier molecular flexibility index (Phi) is 9.20. The third-order valence-electron chi connectivity index (χ3n) is 6.41. The second-order valence-electron chi connectivity index (χ2n) is 8.39. The number of likely N-dealkylation sites (N-methyl/N-ethyl adjacent to an activating group) is 1. The third kappa shape index (κ3) is 6.29. The molecular formula is C24H32ClN3O4S. The van der Waals surface area contributed by atoms with Gasteiger partial charge in [0.25, 0.3) is 5.91 Å². The van der Waals surface area contributed by atoms with Crippen LogP contribution in [0, 0.1) is 11.8 Å². The van der Waals surface area contributed by atoms with E-state index in [1.807, 2.05) is 13.2 Å². The normalized spacial score (nSPS) is 22.5. The summed E-state index contributed by atoms with van der Waals surface area (Å²) in [4.78, 5) is 35.0. The summed E-state index contributed by atoms with van der Waals surface area (Å²) in [5.41, 5.74) is 1.52. The lowest BCUT2D eigenvalue weighted by Crippen LogP contribution is -2.37. The van der Waals surface area contributed by atoms with Crippen LogP contribution < -0.4 is 4.74 Å². The monoisotopic (exact) mass is 493 g/mol. The fourth-order valence-electron chi connectivity index (χ4n) is 4.47. The number of halogens is 1. The van der Waals surface area contributed by atoms with Gasteiger partial charge in [0.1, 0.15) is 10.7 Å². The van der Waals surface area contributed by atoms with Crippen LogP contribution in [0.2, 0.25) is 5.15 Å². The van der Waals surface area contributed by atoms with Crippen LogP contribution in [-0.4, -0.2) is 59.8 Å². The van der Waals surface area contributed by atoms with Gasteiger partial charge >= 0.3 is 5.97 Å². The molecule has 1 aromatic rings. The Labute approximate surface area is 205 Å². The van der Waals surface area contributed by atoms with E-state index in [0.717, 1.165) is 32.1 Å². The van der Waals surface area contributed by atoms with Crippen LogP contribution in [0.5, 0.6) is 5.88 Å². The van der Waals surface area contributed by atoms with Crippen molar-refractivity contribution in [2.24, 2.45) is 11.8 Å². The van der Waals surface area contributed by atoms with E-state index in [4.69, 9.17) is 21.1 Å². The number of allylic oxidation sites excluding steroid dienone is 2. The largest absolute Gasteiger partial charge is 0.477 e. The first-order chi connectivity index (χ1) is 15.9. The van der Waals surface area contributed by atoms with Crippen LogP contribution in [0.3, 0.4) is 0 Å². The van der Waals surface area contributed by atoms with Crippen LogP contribution in [0.1, 0.15) is 55.8 Å². The van der Waals surface area contributed by atoms with Crippen molar-refractivity contribution in [2.75, 3.05) is 27.0 Å². The van der Waals surface area contributed by atoms with Crippen LogP contribution >= 0.6 is 23.4 Å². The molecule has 1 aromatic heterocycles. The van der Waals surface area contributed by atoms with Crippen molar-refractivity contribution in [1.82, 2.24) is 14.9 Å². The van der Waals surface area contributed by atoms with Crippen molar-refractivity contribution in [3.63, 3.8) is 0 Å². The zero-order valence-corrected chi connectivity index (χ0v) is 21.2. The SMILES string of the molecule is CCOc1nc(SC)nc(Cl)c1C(=O)N(C)C1C=CC([C@H]2CC[C@H](CC(=O)OC)CC2)=CC1. The van der Waals surface area contributed by atoms with Crippen molar-refractivity contribution in [3.8, 4) is 5.88 Å². The van der Waals surface area contributed by atoms with Gasteiger partial charge in [-0.15, -0.1) is 0 Å². The van der Waals surface area contributed by atoms with E-state index in [1.165, 1.54) is 24.4 Å². The fraction of sp³-hybridized carbons (Fsp3) is 0.583. The Morgan fingerprint density at radius 3 is 2.55 bits per heavy atom. The van der Waals surface area contributed by atoms with Gasteiger partial charge in [0.2, 0.25) is 5.88 Å². The van der Waals surface area contributed by atoms with Crippen LogP contribution in [0.25, 0.3) is 0 Å². The minimum Gasteiger partial charge on any atom is -0.477 e. The molecule has 1 amide bonds. The van der Waals surface area contributed by atoms with E-state index >= 15 is 0 Å². The van der Waals surface area contributed by atoms with Gasteiger partial charge in [-0.1, -0.05) is 41.6 Å². The summed E-state index contributed by atoms with van der Waals surface area (Å²) in [7, 11) is 3.21. The zero-order chi connectivity index (χ0) is 24.0. The molecule has 0 bridgehead atoms. The Morgan fingerprint density at radius 1 is 1.24 bits per heavy atom. The van der Waals surface area contributed by atoms with Gasteiger partial charge in [-0.25, -0.2) is 4.98 Å². The standard InChI is InChI=1S/C24H32ClN3O4S/c1-5-32-22-20(21(25)26-24(27-22)33-4)23(30)28(2)18-12-10-17(11-13-18)16-8-6-15(7-9-16)14-19(29)31-3/h10-12,15-16,18H,5-9,13-14H2,1-4H3/t15-,16-,18?. The molecule has 0 aromatic carbocycles. The lowest BCUT2D eigenvalue weighted by Gasteiger charge is -2.32. The van der Waals surface area contributed by atoms with Crippen molar-refractivity contribution in [1.29, 1.82) is 0 Å². The maximum atomic E-state index is 13.3. The summed E-state index contributed by atoms with van der Waals surface area (Å²) in [5.74, 6) is 0.766. The summed E-state index contributed by atoms with van der Waals surface area (Å²) in [6.45, 7) is 2.22. The highest BCUT2D eigenvalue weighted by Gasteiger charge is 2.30. The van der Waals surface area contributed by atoms with Crippen LogP contribution in [0.4, 0.5) is 0 Å². The Hall–Kier alpha value is -2.06. The Morgan fingerprint density at radius 2 is 1.97 bits per heavy atom. The van der Waals surface area contributed by atoms with E-state index in [2.05, 4.69) is 28.2 Å². The number of hydrogen-bond acceptors (Lipinski definition) is 7. The van der Waals surface area contributed by atoms with Gasteiger partial charge < -0.3 is 14.4 Å². The number of carbonyl (C=O) groups excluding carboxylic acids is 2. The molecule has 0 saturated heterocycles. The van der Waals surface area contributed by atoms with E-state index in [-0.39, 0.29) is 34.5 Å². The molecule has 7 nitrogen and oxygen atoms in total. The minimum absolute atomic E-state index is 0.0808. The maximum Gasteiger partial charge on any atom is 0.305 e. The Balaban J connectivity index is 1.63. The van der Waals surface area contributed by atoms with Crippen molar-refractivity contribution >= 4 is 35.2 Å². The Bertz CT molecular complexity index is 929. The quantitative estimate of drug-likeness (QED) is 0.219. The molecule has 0 radical (unpaired) electrons. The van der Waals surface area contributed by atoms with Gasteiger partial charge in [-0.2, -0.15) is 4.98 Å². The molecule has 9 heteroatoms. The van der Waals surface area contributed by atoms with Gasteiger partial charge in [-0.05, 0) is 62.7 Å². The average molecular weight is 494 g/mol. The zero-order valence-electron chi connectivity index (χ0n) is 19.7.